The topological polar surface area (TPSA) is 52.6 Å². The molecule has 2 amide bonds. The van der Waals surface area contributed by atoms with Gasteiger partial charge in [-0.05, 0) is 49.3 Å². The maximum absolute atomic E-state index is 12.5. The molecule has 1 saturated heterocycles. The first-order valence-electron chi connectivity index (χ1n) is 9.40. The zero-order chi connectivity index (χ0) is 18.1. The number of fused-ring (bicyclic) bond motifs is 1. The SMILES string of the molecule is Cc1ccc(NC(=O)N2C[C@@H]3C[C@](O)(Cc4ccccc4)C[C@@H]3C2)cc1. The van der Waals surface area contributed by atoms with Crippen molar-refractivity contribution in [3.63, 3.8) is 0 Å². The van der Waals surface area contributed by atoms with E-state index >= 15 is 0 Å². The standard InChI is InChI=1S/C22H26N2O2/c1-16-7-9-20(10-8-16)23-21(25)24-14-18-12-22(26,13-19(18)15-24)11-17-5-3-2-4-6-17/h2-10,18-19,26H,11-15H2,1H3,(H,23,25)/t18-,19+,22+. The van der Waals surface area contributed by atoms with E-state index in [0.717, 1.165) is 31.6 Å². The highest BCUT2D eigenvalue weighted by molar-refractivity contribution is 5.89. The monoisotopic (exact) mass is 350 g/mol. The molecular formula is C22H26N2O2. The molecule has 2 N–H and O–H groups in total. The van der Waals surface area contributed by atoms with Crippen molar-refractivity contribution in [3.8, 4) is 0 Å². The van der Waals surface area contributed by atoms with E-state index in [-0.39, 0.29) is 6.03 Å². The molecule has 4 heteroatoms. The van der Waals surface area contributed by atoms with Gasteiger partial charge in [0.1, 0.15) is 0 Å². The molecule has 1 aliphatic heterocycles. The van der Waals surface area contributed by atoms with Crippen LogP contribution in [0.1, 0.15) is 24.0 Å². The van der Waals surface area contributed by atoms with Gasteiger partial charge in [0, 0.05) is 25.2 Å². The zero-order valence-corrected chi connectivity index (χ0v) is 15.2. The average Bonchev–Trinajstić information content (AvgIpc) is 3.12. The number of nitrogens with one attached hydrogen (secondary N) is 1. The number of aryl methyl sites for hydroxylation is 1. The fraction of sp³-hybridized carbons (Fsp3) is 0.409. The molecule has 2 fully saturated rings. The highest BCUT2D eigenvalue weighted by Gasteiger charge is 2.49. The third kappa shape index (κ3) is 3.61. The predicted molar refractivity (Wildman–Crippen MR) is 103 cm³/mol. The Morgan fingerprint density at radius 3 is 2.31 bits per heavy atom. The van der Waals surface area contributed by atoms with Crippen LogP contribution in [-0.2, 0) is 6.42 Å². The number of nitrogens with zero attached hydrogens (tertiary/aromatic N) is 1. The molecule has 1 heterocycles. The van der Waals surface area contributed by atoms with Crippen LogP contribution in [0.25, 0.3) is 0 Å². The molecule has 4 nitrogen and oxygen atoms in total. The number of amides is 2. The Morgan fingerprint density at radius 2 is 1.69 bits per heavy atom. The third-order valence-electron chi connectivity index (χ3n) is 5.83. The lowest BCUT2D eigenvalue weighted by Gasteiger charge is -2.26. The second kappa shape index (κ2) is 6.76. The molecule has 1 saturated carbocycles. The van der Waals surface area contributed by atoms with Crippen molar-refractivity contribution < 1.29 is 9.90 Å². The predicted octanol–water partition coefficient (Wildman–Crippen LogP) is 3.84. The molecule has 0 unspecified atom stereocenters. The average molecular weight is 350 g/mol. The number of aliphatic hydroxyl groups is 1. The summed E-state index contributed by atoms with van der Waals surface area (Å²) in [6.07, 6.45) is 2.26. The minimum absolute atomic E-state index is 0.0325. The number of carbonyl (C=O) groups excluding carboxylic acids is 1. The van der Waals surface area contributed by atoms with Gasteiger partial charge in [-0.1, -0.05) is 48.0 Å². The number of hydrogen-bond acceptors (Lipinski definition) is 2. The lowest BCUT2D eigenvalue weighted by molar-refractivity contribution is 0.0368. The number of anilines is 1. The van der Waals surface area contributed by atoms with Gasteiger partial charge in [0.05, 0.1) is 5.60 Å². The van der Waals surface area contributed by atoms with Gasteiger partial charge in [0.2, 0.25) is 0 Å². The molecule has 1 aliphatic carbocycles. The molecule has 4 rings (SSSR count). The molecule has 26 heavy (non-hydrogen) atoms. The molecule has 0 spiro atoms. The maximum atomic E-state index is 12.5. The van der Waals surface area contributed by atoms with Crippen LogP contribution in [0.4, 0.5) is 10.5 Å². The van der Waals surface area contributed by atoms with Crippen LogP contribution in [0.15, 0.2) is 54.6 Å². The van der Waals surface area contributed by atoms with E-state index in [1.165, 1.54) is 11.1 Å². The molecule has 2 aromatic carbocycles. The summed E-state index contributed by atoms with van der Waals surface area (Å²) in [5, 5.41) is 14.0. The summed E-state index contributed by atoms with van der Waals surface area (Å²) in [5.41, 5.74) is 2.56. The number of urea groups is 1. The Kier molecular flexibility index (Phi) is 4.45. The van der Waals surface area contributed by atoms with Crippen LogP contribution in [0, 0.1) is 18.8 Å². The number of benzene rings is 2. The summed E-state index contributed by atoms with van der Waals surface area (Å²) in [4.78, 5) is 14.4. The molecule has 0 bridgehead atoms. The molecule has 0 aromatic heterocycles. The van der Waals surface area contributed by atoms with E-state index in [0.29, 0.717) is 18.3 Å². The van der Waals surface area contributed by atoms with Crippen molar-refractivity contribution in [1.29, 1.82) is 0 Å². The highest BCUT2D eigenvalue weighted by atomic mass is 16.3. The van der Waals surface area contributed by atoms with Crippen molar-refractivity contribution >= 4 is 11.7 Å². The molecule has 0 radical (unpaired) electrons. The van der Waals surface area contributed by atoms with E-state index in [1.807, 2.05) is 54.3 Å². The Balaban J connectivity index is 1.34. The van der Waals surface area contributed by atoms with E-state index in [1.54, 1.807) is 0 Å². The number of likely N-dealkylation sites (tertiary alicyclic amines) is 1. The number of rotatable bonds is 3. The second-order valence-corrected chi connectivity index (χ2v) is 8.02. The summed E-state index contributed by atoms with van der Waals surface area (Å²) < 4.78 is 0. The lowest BCUT2D eigenvalue weighted by Crippen LogP contribution is -2.36. The Hall–Kier alpha value is -2.33. The summed E-state index contributed by atoms with van der Waals surface area (Å²) in [6, 6.07) is 18.0. The first-order valence-corrected chi connectivity index (χ1v) is 9.40. The minimum Gasteiger partial charge on any atom is -0.390 e. The molecular weight excluding hydrogens is 324 g/mol. The van der Waals surface area contributed by atoms with E-state index in [2.05, 4.69) is 17.4 Å². The van der Waals surface area contributed by atoms with Gasteiger partial charge in [0.15, 0.2) is 0 Å². The van der Waals surface area contributed by atoms with Crippen LogP contribution in [-0.4, -0.2) is 34.7 Å². The summed E-state index contributed by atoms with van der Waals surface area (Å²) in [5.74, 6) is 0.792. The van der Waals surface area contributed by atoms with Crippen molar-refractivity contribution in [2.75, 3.05) is 18.4 Å². The normalized spacial score (nSPS) is 27.4. The fourth-order valence-electron chi connectivity index (χ4n) is 4.59. The van der Waals surface area contributed by atoms with Gasteiger partial charge in [-0.15, -0.1) is 0 Å². The largest absolute Gasteiger partial charge is 0.390 e. The summed E-state index contributed by atoms with van der Waals surface area (Å²) in [6.45, 7) is 3.50. The Bertz CT molecular complexity index is 758. The van der Waals surface area contributed by atoms with E-state index < -0.39 is 5.60 Å². The smallest absolute Gasteiger partial charge is 0.321 e. The number of carbonyl (C=O) groups is 1. The van der Waals surface area contributed by atoms with Crippen LogP contribution in [0.5, 0.6) is 0 Å². The fourth-order valence-corrected chi connectivity index (χ4v) is 4.59. The first-order chi connectivity index (χ1) is 12.5. The van der Waals surface area contributed by atoms with Gasteiger partial charge in [-0.3, -0.25) is 0 Å². The van der Waals surface area contributed by atoms with Crippen LogP contribution in [0.3, 0.4) is 0 Å². The van der Waals surface area contributed by atoms with E-state index in [9.17, 15) is 9.90 Å². The van der Waals surface area contributed by atoms with E-state index in [4.69, 9.17) is 0 Å². The number of hydrogen-bond donors (Lipinski definition) is 2. The maximum Gasteiger partial charge on any atom is 0.321 e. The quantitative estimate of drug-likeness (QED) is 0.884. The highest BCUT2D eigenvalue weighted by Crippen LogP contribution is 2.45. The van der Waals surface area contributed by atoms with Crippen molar-refractivity contribution in [3.05, 3.63) is 65.7 Å². The molecule has 2 aliphatic rings. The third-order valence-corrected chi connectivity index (χ3v) is 5.83. The summed E-state index contributed by atoms with van der Waals surface area (Å²) >= 11 is 0. The molecule has 3 atom stereocenters. The molecule has 136 valence electrons. The summed E-state index contributed by atoms with van der Waals surface area (Å²) in [7, 11) is 0. The first kappa shape index (κ1) is 17.1. The Morgan fingerprint density at radius 1 is 1.08 bits per heavy atom. The second-order valence-electron chi connectivity index (χ2n) is 8.02. The molecule has 2 aromatic rings. The van der Waals surface area contributed by atoms with Gasteiger partial charge >= 0.3 is 6.03 Å². The Labute approximate surface area is 154 Å². The van der Waals surface area contributed by atoms with Crippen LogP contribution >= 0.6 is 0 Å². The van der Waals surface area contributed by atoms with Crippen molar-refractivity contribution in [2.45, 2.75) is 31.8 Å². The van der Waals surface area contributed by atoms with Crippen molar-refractivity contribution in [1.82, 2.24) is 4.90 Å². The van der Waals surface area contributed by atoms with Crippen LogP contribution in [0.2, 0.25) is 0 Å². The van der Waals surface area contributed by atoms with Crippen molar-refractivity contribution in [2.24, 2.45) is 11.8 Å². The van der Waals surface area contributed by atoms with Gasteiger partial charge in [-0.25, -0.2) is 4.79 Å². The zero-order valence-electron chi connectivity index (χ0n) is 15.2. The van der Waals surface area contributed by atoms with Gasteiger partial charge in [-0.2, -0.15) is 0 Å². The van der Waals surface area contributed by atoms with Gasteiger partial charge in [0.25, 0.3) is 0 Å². The lowest BCUT2D eigenvalue weighted by atomic mass is 9.91. The van der Waals surface area contributed by atoms with Crippen LogP contribution < -0.4 is 5.32 Å². The minimum atomic E-state index is -0.629. The van der Waals surface area contributed by atoms with Gasteiger partial charge < -0.3 is 15.3 Å².